The van der Waals surface area contributed by atoms with Crippen LogP contribution in [0, 0.1) is 11.8 Å². The second kappa shape index (κ2) is 4.96. The molecular formula is C13H18N2O2S. The lowest BCUT2D eigenvalue weighted by molar-refractivity contribution is -0.142. The molecule has 1 N–H and O–H groups in total. The fourth-order valence-corrected chi connectivity index (χ4v) is 4.19. The third-order valence-corrected chi connectivity index (χ3v) is 5.25. The SMILES string of the molecule is O=C(O)C1CCn2c(cnc2CC2CCSC2)C1. The minimum atomic E-state index is -0.670. The van der Waals surface area contributed by atoms with Crippen molar-refractivity contribution < 1.29 is 9.90 Å². The van der Waals surface area contributed by atoms with Crippen LogP contribution in [0.1, 0.15) is 24.4 Å². The average Bonchev–Trinajstić information content (AvgIpc) is 2.99. The fraction of sp³-hybridized carbons (Fsp3) is 0.692. The van der Waals surface area contributed by atoms with Crippen LogP contribution in [0.25, 0.3) is 0 Å². The Morgan fingerprint density at radius 3 is 3.17 bits per heavy atom. The van der Waals surface area contributed by atoms with Crippen LogP contribution in [-0.2, 0) is 24.2 Å². The Labute approximate surface area is 111 Å². The Kier molecular flexibility index (Phi) is 3.33. The third-order valence-electron chi connectivity index (χ3n) is 4.02. The first-order valence-corrected chi connectivity index (χ1v) is 7.73. The second-order valence-corrected chi connectivity index (χ2v) is 6.43. The van der Waals surface area contributed by atoms with Gasteiger partial charge < -0.3 is 9.67 Å². The van der Waals surface area contributed by atoms with Crippen LogP contribution in [0.2, 0.25) is 0 Å². The number of carboxylic acid groups (broad SMARTS) is 1. The van der Waals surface area contributed by atoms with Gasteiger partial charge in [0.2, 0.25) is 0 Å². The number of thioether (sulfide) groups is 1. The number of fused-ring (bicyclic) bond motifs is 1. The number of aromatic nitrogens is 2. The van der Waals surface area contributed by atoms with Crippen LogP contribution in [-0.4, -0.2) is 32.1 Å². The zero-order valence-electron chi connectivity index (χ0n) is 10.3. The van der Waals surface area contributed by atoms with Crippen molar-refractivity contribution in [3.63, 3.8) is 0 Å². The zero-order chi connectivity index (χ0) is 12.5. The minimum absolute atomic E-state index is 0.218. The summed E-state index contributed by atoms with van der Waals surface area (Å²) in [6, 6.07) is 0. The molecule has 0 amide bonds. The Bertz CT molecular complexity index is 452. The molecule has 0 radical (unpaired) electrons. The van der Waals surface area contributed by atoms with E-state index in [-0.39, 0.29) is 5.92 Å². The molecule has 0 aliphatic carbocycles. The van der Waals surface area contributed by atoms with Crippen molar-refractivity contribution in [2.45, 2.75) is 32.2 Å². The van der Waals surface area contributed by atoms with Crippen LogP contribution in [0.5, 0.6) is 0 Å². The fourth-order valence-electron chi connectivity index (χ4n) is 2.91. The second-order valence-electron chi connectivity index (χ2n) is 5.28. The van der Waals surface area contributed by atoms with E-state index in [0.717, 1.165) is 31.0 Å². The van der Waals surface area contributed by atoms with Gasteiger partial charge in [-0.2, -0.15) is 11.8 Å². The lowest BCUT2D eigenvalue weighted by atomic mass is 9.96. The molecule has 1 fully saturated rings. The molecule has 2 aliphatic rings. The number of hydrogen-bond donors (Lipinski definition) is 1. The number of rotatable bonds is 3. The molecule has 0 saturated carbocycles. The number of carboxylic acids is 1. The van der Waals surface area contributed by atoms with E-state index >= 15 is 0 Å². The van der Waals surface area contributed by atoms with E-state index in [1.165, 1.54) is 23.8 Å². The highest BCUT2D eigenvalue weighted by atomic mass is 32.2. The highest BCUT2D eigenvalue weighted by Crippen LogP contribution is 2.28. The molecule has 18 heavy (non-hydrogen) atoms. The van der Waals surface area contributed by atoms with E-state index in [2.05, 4.69) is 9.55 Å². The molecule has 2 atom stereocenters. The summed E-state index contributed by atoms with van der Waals surface area (Å²) < 4.78 is 2.25. The van der Waals surface area contributed by atoms with Gasteiger partial charge in [-0.1, -0.05) is 0 Å². The molecule has 0 bridgehead atoms. The monoisotopic (exact) mass is 266 g/mol. The van der Waals surface area contributed by atoms with Crippen LogP contribution in [0.3, 0.4) is 0 Å². The zero-order valence-corrected chi connectivity index (χ0v) is 11.2. The van der Waals surface area contributed by atoms with Crippen LogP contribution in [0.4, 0.5) is 0 Å². The Balaban J connectivity index is 1.73. The van der Waals surface area contributed by atoms with Crippen molar-refractivity contribution in [2.75, 3.05) is 11.5 Å². The van der Waals surface area contributed by atoms with Gasteiger partial charge >= 0.3 is 5.97 Å². The number of carbonyl (C=O) groups is 1. The summed E-state index contributed by atoms with van der Waals surface area (Å²) >= 11 is 2.03. The lowest BCUT2D eigenvalue weighted by Gasteiger charge is -2.22. The predicted molar refractivity (Wildman–Crippen MR) is 70.8 cm³/mol. The van der Waals surface area contributed by atoms with Gasteiger partial charge in [0.1, 0.15) is 5.82 Å². The maximum Gasteiger partial charge on any atom is 0.306 e. The van der Waals surface area contributed by atoms with E-state index < -0.39 is 5.97 Å². The minimum Gasteiger partial charge on any atom is -0.481 e. The van der Waals surface area contributed by atoms with E-state index in [4.69, 9.17) is 5.11 Å². The van der Waals surface area contributed by atoms with E-state index in [9.17, 15) is 4.79 Å². The van der Waals surface area contributed by atoms with Gasteiger partial charge in [-0.05, 0) is 30.3 Å². The van der Waals surface area contributed by atoms with Gasteiger partial charge in [0.25, 0.3) is 0 Å². The largest absolute Gasteiger partial charge is 0.481 e. The number of nitrogens with zero attached hydrogens (tertiary/aromatic N) is 2. The summed E-state index contributed by atoms with van der Waals surface area (Å²) in [4.78, 5) is 15.5. The Hall–Kier alpha value is -0.970. The van der Waals surface area contributed by atoms with Crippen molar-refractivity contribution >= 4 is 17.7 Å². The topological polar surface area (TPSA) is 55.1 Å². The molecule has 2 unspecified atom stereocenters. The van der Waals surface area contributed by atoms with Gasteiger partial charge in [-0.15, -0.1) is 0 Å². The maximum absolute atomic E-state index is 11.0. The summed E-state index contributed by atoms with van der Waals surface area (Å²) in [7, 11) is 0. The van der Waals surface area contributed by atoms with E-state index in [1.54, 1.807) is 0 Å². The summed E-state index contributed by atoms with van der Waals surface area (Å²) in [6.45, 7) is 0.821. The molecular weight excluding hydrogens is 248 g/mol. The molecule has 3 heterocycles. The number of aliphatic carboxylic acids is 1. The molecule has 0 spiro atoms. The highest BCUT2D eigenvalue weighted by Gasteiger charge is 2.27. The molecule has 2 aliphatic heterocycles. The standard InChI is InChI=1S/C13H18N2O2S/c16-13(17)10-1-3-15-11(6-10)7-14-12(15)5-9-2-4-18-8-9/h7,9-10H,1-6,8H2,(H,16,17). The molecule has 0 aromatic carbocycles. The van der Waals surface area contributed by atoms with E-state index in [0.29, 0.717) is 6.42 Å². The van der Waals surface area contributed by atoms with Gasteiger partial charge in [0, 0.05) is 31.3 Å². The van der Waals surface area contributed by atoms with Crippen LogP contribution >= 0.6 is 11.8 Å². The van der Waals surface area contributed by atoms with Crippen molar-refractivity contribution in [1.82, 2.24) is 9.55 Å². The Morgan fingerprint density at radius 1 is 1.56 bits per heavy atom. The Morgan fingerprint density at radius 2 is 2.44 bits per heavy atom. The molecule has 98 valence electrons. The molecule has 1 aromatic heterocycles. The quantitative estimate of drug-likeness (QED) is 0.907. The number of hydrogen-bond acceptors (Lipinski definition) is 3. The lowest BCUT2D eigenvalue weighted by Crippen LogP contribution is -2.26. The number of imidazole rings is 1. The van der Waals surface area contributed by atoms with Crippen molar-refractivity contribution in [2.24, 2.45) is 11.8 Å². The average molecular weight is 266 g/mol. The van der Waals surface area contributed by atoms with Gasteiger partial charge in [0.15, 0.2) is 0 Å². The maximum atomic E-state index is 11.0. The summed E-state index contributed by atoms with van der Waals surface area (Å²) in [6.07, 6.45) is 5.62. The first kappa shape index (κ1) is 12.1. The smallest absolute Gasteiger partial charge is 0.306 e. The molecule has 3 rings (SSSR count). The summed E-state index contributed by atoms with van der Waals surface area (Å²) in [5, 5.41) is 9.07. The summed E-state index contributed by atoms with van der Waals surface area (Å²) in [5.74, 6) is 3.57. The molecule has 4 nitrogen and oxygen atoms in total. The van der Waals surface area contributed by atoms with Crippen molar-refractivity contribution in [3.8, 4) is 0 Å². The van der Waals surface area contributed by atoms with Crippen LogP contribution < -0.4 is 0 Å². The first-order chi connectivity index (χ1) is 8.74. The molecule has 1 aromatic rings. The van der Waals surface area contributed by atoms with Crippen molar-refractivity contribution in [3.05, 3.63) is 17.7 Å². The third kappa shape index (κ3) is 2.28. The normalized spacial score (nSPS) is 27.1. The predicted octanol–water partition coefficient (Wildman–Crippen LogP) is 1.83. The van der Waals surface area contributed by atoms with Crippen molar-refractivity contribution in [1.29, 1.82) is 0 Å². The molecule has 1 saturated heterocycles. The van der Waals surface area contributed by atoms with Gasteiger partial charge in [0.05, 0.1) is 5.92 Å². The van der Waals surface area contributed by atoms with Gasteiger partial charge in [-0.25, -0.2) is 4.98 Å². The van der Waals surface area contributed by atoms with Crippen LogP contribution in [0.15, 0.2) is 6.20 Å². The van der Waals surface area contributed by atoms with E-state index in [1.807, 2.05) is 18.0 Å². The highest BCUT2D eigenvalue weighted by molar-refractivity contribution is 7.99. The summed E-state index contributed by atoms with van der Waals surface area (Å²) in [5.41, 5.74) is 1.11. The first-order valence-electron chi connectivity index (χ1n) is 6.58. The van der Waals surface area contributed by atoms with Gasteiger partial charge in [-0.3, -0.25) is 4.79 Å². The molecule has 5 heteroatoms.